The number of rotatable bonds is 8. The Morgan fingerprint density at radius 2 is 1.74 bits per heavy atom. The molecule has 0 aromatic heterocycles. The third-order valence-corrected chi connectivity index (χ3v) is 4.39. The van der Waals surface area contributed by atoms with Crippen molar-refractivity contribution < 1.29 is 4.79 Å². The highest BCUT2D eigenvalue weighted by Crippen LogP contribution is 2.23. The first-order valence-corrected chi connectivity index (χ1v) is 8.37. The highest BCUT2D eigenvalue weighted by atomic mass is 16.1. The van der Waals surface area contributed by atoms with Crippen molar-refractivity contribution in [2.45, 2.75) is 78.6 Å². The molecule has 1 N–H and O–H groups in total. The number of carbonyl (C=O) groups excluding carboxylic acids is 1. The number of carbonyl (C=O) groups is 1. The third kappa shape index (κ3) is 7.59. The Morgan fingerprint density at radius 1 is 1.05 bits per heavy atom. The largest absolute Gasteiger partial charge is 0.356 e. The van der Waals surface area contributed by atoms with Gasteiger partial charge in [0, 0.05) is 12.5 Å². The minimum atomic E-state index is 0.310. The van der Waals surface area contributed by atoms with Crippen LogP contribution < -0.4 is 5.32 Å². The normalized spacial score (nSPS) is 18.5. The molecular formula is C17H33NO. The molecule has 0 aromatic rings. The van der Waals surface area contributed by atoms with Gasteiger partial charge in [0.2, 0.25) is 5.91 Å². The number of hydrogen-bond donors (Lipinski definition) is 1. The molecule has 0 bridgehead atoms. The van der Waals surface area contributed by atoms with Crippen LogP contribution in [-0.2, 0) is 4.79 Å². The molecule has 1 amide bonds. The summed E-state index contributed by atoms with van der Waals surface area (Å²) >= 11 is 0. The van der Waals surface area contributed by atoms with Gasteiger partial charge in [-0.25, -0.2) is 0 Å². The molecule has 0 heterocycles. The summed E-state index contributed by atoms with van der Waals surface area (Å²) < 4.78 is 0. The number of amides is 1. The van der Waals surface area contributed by atoms with E-state index in [1.807, 2.05) is 0 Å². The van der Waals surface area contributed by atoms with Crippen molar-refractivity contribution in [3.05, 3.63) is 0 Å². The van der Waals surface area contributed by atoms with Crippen LogP contribution in [0.2, 0.25) is 0 Å². The first-order valence-electron chi connectivity index (χ1n) is 8.37. The lowest BCUT2D eigenvalue weighted by atomic mass is 9.88. The second kappa shape index (κ2) is 9.39. The van der Waals surface area contributed by atoms with Crippen LogP contribution in [0.3, 0.4) is 0 Å². The zero-order valence-corrected chi connectivity index (χ0v) is 13.2. The number of hydrogen-bond acceptors (Lipinski definition) is 1. The summed E-state index contributed by atoms with van der Waals surface area (Å²) in [5.74, 6) is 2.18. The van der Waals surface area contributed by atoms with Gasteiger partial charge in [0.15, 0.2) is 0 Å². The summed E-state index contributed by atoms with van der Waals surface area (Å²) in [6, 6.07) is 0. The standard InChI is InChI=1S/C17H33NO/c1-14(2)8-7-9-15(3)12-13-18-17(19)16-10-5-4-6-11-16/h14-16H,4-13H2,1-3H3,(H,18,19). The van der Waals surface area contributed by atoms with Crippen molar-refractivity contribution >= 4 is 5.91 Å². The molecule has 0 aromatic carbocycles. The monoisotopic (exact) mass is 267 g/mol. The SMILES string of the molecule is CC(C)CCCC(C)CCNC(=O)C1CCCCC1. The van der Waals surface area contributed by atoms with Gasteiger partial charge in [-0.2, -0.15) is 0 Å². The third-order valence-electron chi connectivity index (χ3n) is 4.39. The van der Waals surface area contributed by atoms with E-state index >= 15 is 0 Å². The van der Waals surface area contributed by atoms with Crippen LogP contribution >= 0.6 is 0 Å². The smallest absolute Gasteiger partial charge is 0.223 e. The van der Waals surface area contributed by atoms with Gasteiger partial charge in [-0.1, -0.05) is 59.3 Å². The summed E-state index contributed by atoms with van der Waals surface area (Å²) in [4.78, 5) is 12.0. The minimum Gasteiger partial charge on any atom is -0.356 e. The van der Waals surface area contributed by atoms with Crippen LogP contribution in [0, 0.1) is 17.8 Å². The predicted octanol–water partition coefficient (Wildman–Crippen LogP) is 4.54. The summed E-state index contributed by atoms with van der Waals surface area (Å²) in [5, 5.41) is 3.14. The molecule has 19 heavy (non-hydrogen) atoms. The molecule has 112 valence electrons. The fourth-order valence-electron chi connectivity index (χ4n) is 2.97. The molecule has 0 saturated heterocycles. The molecule has 2 heteroatoms. The molecular weight excluding hydrogens is 234 g/mol. The van der Waals surface area contributed by atoms with Gasteiger partial charge in [-0.15, -0.1) is 0 Å². The quantitative estimate of drug-likeness (QED) is 0.687. The van der Waals surface area contributed by atoms with Gasteiger partial charge in [-0.05, 0) is 31.1 Å². The van der Waals surface area contributed by atoms with Gasteiger partial charge in [-0.3, -0.25) is 4.79 Å². The van der Waals surface area contributed by atoms with E-state index in [4.69, 9.17) is 0 Å². The van der Waals surface area contributed by atoms with E-state index < -0.39 is 0 Å². The van der Waals surface area contributed by atoms with Gasteiger partial charge in [0.05, 0.1) is 0 Å². The van der Waals surface area contributed by atoms with E-state index in [0.717, 1.165) is 37.6 Å². The summed E-state index contributed by atoms with van der Waals surface area (Å²) in [6.45, 7) is 7.76. The van der Waals surface area contributed by atoms with Crippen LogP contribution in [0.1, 0.15) is 78.6 Å². The van der Waals surface area contributed by atoms with Gasteiger partial charge in [0.1, 0.15) is 0 Å². The molecule has 1 rings (SSSR count). The number of nitrogens with one attached hydrogen (secondary N) is 1. The van der Waals surface area contributed by atoms with Crippen LogP contribution in [0.4, 0.5) is 0 Å². The van der Waals surface area contributed by atoms with Crippen molar-refractivity contribution in [2.24, 2.45) is 17.8 Å². The highest BCUT2D eigenvalue weighted by Gasteiger charge is 2.20. The lowest BCUT2D eigenvalue weighted by Gasteiger charge is -2.21. The van der Waals surface area contributed by atoms with E-state index in [-0.39, 0.29) is 0 Å². The first kappa shape index (κ1) is 16.5. The minimum absolute atomic E-state index is 0.310. The van der Waals surface area contributed by atoms with Crippen LogP contribution in [0.5, 0.6) is 0 Å². The van der Waals surface area contributed by atoms with E-state index in [1.165, 1.54) is 38.5 Å². The molecule has 0 spiro atoms. The first-order chi connectivity index (χ1) is 9.09. The lowest BCUT2D eigenvalue weighted by molar-refractivity contribution is -0.125. The average Bonchev–Trinajstić information content (AvgIpc) is 2.39. The Balaban J connectivity index is 2.03. The topological polar surface area (TPSA) is 29.1 Å². The second-order valence-corrected chi connectivity index (χ2v) is 6.84. The molecule has 0 aliphatic heterocycles. The maximum atomic E-state index is 12.0. The zero-order chi connectivity index (χ0) is 14.1. The average molecular weight is 267 g/mol. The Kier molecular flexibility index (Phi) is 8.16. The van der Waals surface area contributed by atoms with E-state index in [1.54, 1.807) is 0 Å². The van der Waals surface area contributed by atoms with Crippen LogP contribution in [0.25, 0.3) is 0 Å². The van der Waals surface area contributed by atoms with E-state index in [2.05, 4.69) is 26.1 Å². The van der Waals surface area contributed by atoms with Gasteiger partial charge < -0.3 is 5.32 Å². The van der Waals surface area contributed by atoms with Gasteiger partial charge in [0.25, 0.3) is 0 Å². The van der Waals surface area contributed by atoms with E-state index in [0.29, 0.717) is 11.8 Å². The van der Waals surface area contributed by atoms with Crippen molar-refractivity contribution in [1.29, 1.82) is 0 Å². The maximum absolute atomic E-state index is 12.0. The Labute approximate surface area is 119 Å². The van der Waals surface area contributed by atoms with Gasteiger partial charge >= 0.3 is 0 Å². The lowest BCUT2D eigenvalue weighted by Crippen LogP contribution is -2.33. The fourth-order valence-corrected chi connectivity index (χ4v) is 2.97. The highest BCUT2D eigenvalue weighted by molar-refractivity contribution is 5.78. The predicted molar refractivity (Wildman–Crippen MR) is 82.1 cm³/mol. The zero-order valence-electron chi connectivity index (χ0n) is 13.2. The van der Waals surface area contributed by atoms with Crippen LogP contribution in [0.15, 0.2) is 0 Å². The summed E-state index contributed by atoms with van der Waals surface area (Å²) in [7, 11) is 0. The fraction of sp³-hybridized carbons (Fsp3) is 0.941. The molecule has 1 atom stereocenters. The summed E-state index contributed by atoms with van der Waals surface area (Å²) in [6.07, 6.45) is 11.1. The second-order valence-electron chi connectivity index (χ2n) is 6.84. The molecule has 0 radical (unpaired) electrons. The molecule has 1 aliphatic rings. The summed E-state index contributed by atoms with van der Waals surface area (Å²) in [5.41, 5.74) is 0. The van der Waals surface area contributed by atoms with Crippen molar-refractivity contribution in [1.82, 2.24) is 5.32 Å². The Bertz CT molecular complexity index is 244. The molecule has 1 aliphatic carbocycles. The Hall–Kier alpha value is -0.530. The molecule has 1 fully saturated rings. The van der Waals surface area contributed by atoms with Crippen molar-refractivity contribution in [3.63, 3.8) is 0 Å². The maximum Gasteiger partial charge on any atom is 0.223 e. The van der Waals surface area contributed by atoms with E-state index in [9.17, 15) is 4.79 Å². The molecule has 2 nitrogen and oxygen atoms in total. The molecule has 1 saturated carbocycles. The molecule has 1 unspecified atom stereocenters. The Morgan fingerprint density at radius 3 is 2.37 bits per heavy atom. The van der Waals surface area contributed by atoms with Crippen LogP contribution in [-0.4, -0.2) is 12.5 Å². The van der Waals surface area contributed by atoms with Crippen molar-refractivity contribution in [2.75, 3.05) is 6.54 Å². The van der Waals surface area contributed by atoms with Crippen molar-refractivity contribution in [3.8, 4) is 0 Å².